The predicted octanol–water partition coefficient (Wildman–Crippen LogP) is 3.35. The molecule has 0 aliphatic rings. The van der Waals surface area contributed by atoms with Crippen molar-refractivity contribution in [2.45, 2.75) is 26.4 Å². The molecule has 0 amide bonds. The molecule has 4 nitrogen and oxygen atoms in total. The van der Waals surface area contributed by atoms with Gasteiger partial charge in [-0.25, -0.2) is 9.78 Å². The molecular weight excluding hydrogens is 276 g/mol. The van der Waals surface area contributed by atoms with Crippen molar-refractivity contribution in [2.75, 3.05) is 0 Å². The van der Waals surface area contributed by atoms with Gasteiger partial charge in [-0.1, -0.05) is 43.0 Å². The first-order chi connectivity index (χ1) is 10.6. The van der Waals surface area contributed by atoms with Crippen LogP contribution in [0.15, 0.2) is 55.1 Å². The van der Waals surface area contributed by atoms with E-state index in [1.807, 2.05) is 18.2 Å². The Hall–Kier alpha value is -2.62. The lowest BCUT2D eigenvalue weighted by Gasteiger charge is -2.03. The highest BCUT2D eigenvalue weighted by molar-refractivity contribution is 5.86. The minimum absolute atomic E-state index is 0.163. The van der Waals surface area contributed by atoms with Crippen LogP contribution in [0.3, 0.4) is 0 Å². The molecule has 0 radical (unpaired) electrons. The molecule has 0 bridgehead atoms. The van der Waals surface area contributed by atoms with Gasteiger partial charge in [0.2, 0.25) is 0 Å². The number of nitrogens with one attached hydrogen (secondary N) is 1. The highest BCUT2D eigenvalue weighted by Crippen LogP contribution is 2.13. The van der Waals surface area contributed by atoms with Gasteiger partial charge in [0.05, 0.1) is 11.4 Å². The molecule has 1 aromatic carbocycles. The number of H-pyrrole nitrogens is 1. The van der Waals surface area contributed by atoms with Crippen molar-refractivity contribution in [2.24, 2.45) is 0 Å². The highest BCUT2D eigenvalue weighted by Gasteiger charge is 2.12. The highest BCUT2D eigenvalue weighted by atomic mass is 16.5. The first kappa shape index (κ1) is 15.8. The van der Waals surface area contributed by atoms with Crippen molar-refractivity contribution >= 4 is 5.97 Å². The second-order valence-electron chi connectivity index (χ2n) is 5.12. The van der Waals surface area contributed by atoms with Gasteiger partial charge in [0.25, 0.3) is 0 Å². The minimum Gasteiger partial charge on any atom is -0.456 e. The standard InChI is InChI=1S/C18H20N2O2/c1-4-8-15-16(12-22-18(21)13(2)3)20-17(19-15)11-14-9-6-5-7-10-14/h4-7,9-10H,1-2,8,11-12H2,3H3,(H,19,20). The van der Waals surface area contributed by atoms with Gasteiger partial charge in [-0.3, -0.25) is 0 Å². The van der Waals surface area contributed by atoms with Crippen LogP contribution in [-0.4, -0.2) is 15.9 Å². The summed E-state index contributed by atoms with van der Waals surface area (Å²) >= 11 is 0. The molecule has 0 spiro atoms. The number of hydrogen-bond donors (Lipinski definition) is 1. The first-order valence-electron chi connectivity index (χ1n) is 7.14. The summed E-state index contributed by atoms with van der Waals surface area (Å²) in [6, 6.07) is 10.1. The van der Waals surface area contributed by atoms with Crippen molar-refractivity contribution in [3.8, 4) is 0 Å². The summed E-state index contributed by atoms with van der Waals surface area (Å²) in [5, 5.41) is 0. The number of nitrogens with zero attached hydrogens (tertiary/aromatic N) is 1. The molecule has 0 saturated carbocycles. The number of hydrogen-bond acceptors (Lipinski definition) is 3. The molecule has 0 aliphatic heterocycles. The molecule has 0 fully saturated rings. The smallest absolute Gasteiger partial charge is 0.333 e. The van der Waals surface area contributed by atoms with Gasteiger partial charge in [0.1, 0.15) is 12.4 Å². The third kappa shape index (κ3) is 4.19. The van der Waals surface area contributed by atoms with Crippen molar-refractivity contribution in [3.63, 3.8) is 0 Å². The summed E-state index contributed by atoms with van der Waals surface area (Å²) in [5.74, 6) is 0.452. The lowest BCUT2D eigenvalue weighted by molar-refractivity contribution is -0.140. The lowest BCUT2D eigenvalue weighted by atomic mass is 10.1. The van der Waals surface area contributed by atoms with Gasteiger partial charge in [-0.15, -0.1) is 6.58 Å². The van der Waals surface area contributed by atoms with Gasteiger partial charge < -0.3 is 9.72 Å². The van der Waals surface area contributed by atoms with Crippen LogP contribution in [-0.2, 0) is 29.0 Å². The Morgan fingerprint density at radius 3 is 2.73 bits per heavy atom. The van der Waals surface area contributed by atoms with Crippen molar-refractivity contribution in [3.05, 3.63) is 77.9 Å². The first-order valence-corrected chi connectivity index (χ1v) is 7.14. The van der Waals surface area contributed by atoms with E-state index in [-0.39, 0.29) is 6.61 Å². The molecule has 2 aromatic rings. The summed E-state index contributed by atoms with van der Waals surface area (Å²) in [6.07, 6.45) is 3.12. The van der Waals surface area contributed by atoms with E-state index in [0.717, 1.165) is 17.2 Å². The molecule has 0 atom stereocenters. The van der Waals surface area contributed by atoms with E-state index in [1.165, 1.54) is 5.56 Å². The topological polar surface area (TPSA) is 55.0 Å². The van der Waals surface area contributed by atoms with E-state index in [9.17, 15) is 4.79 Å². The van der Waals surface area contributed by atoms with Gasteiger partial charge >= 0.3 is 5.97 Å². The van der Waals surface area contributed by atoms with E-state index in [2.05, 4.69) is 35.3 Å². The quantitative estimate of drug-likeness (QED) is 0.484. The maximum atomic E-state index is 11.5. The Bertz CT molecular complexity index is 672. The van der Waals surface area contributed by atoms with Gasteiger partial charge in [0.15, 0.2) is 0 Å². The Balaban J connectivity index is 2.12. The van der Waals surface area contributed by atoms with Gasteiger partial charge in [0, 0.05) is 18.4 Å². The normalized spacial score (nSPS) is 10.2. The minimum atomic E-state index is -0.399. The fourth-order valence-electron chi connectivity index (χ4n) is 2.06. The molecule has 22 heavy (non-hydrogen) atoms. The zero-order valence-corrected chi connectivity index (χ0v) is 12.8. The number of carbonyl (C=O) groups excluding carboxylic acids is 1. The number of allylic oxidation sites excluding steroid dienone is 1. The average Bonchev–Trinajstić information content (AvgIpc) is 2.88. The molecular formula is C18H20N2O2. The van der Waals surface area contributed by atoms with Crippen LogP contribution in [0.5, 0.6) is 0 Å². The van der Waals surface area contributed by atoms with E-state index in [4.69, 9.17) is 4.74 Å². The van der Waals surface area contributed by atoms with Gasteiger partial charge in [-0.2, -0.15) is 0 Å². The largest absolute Gasteiger partial charge is 0.456 e. The molecule has 0 unspecified atom stereocenters. The van der Waals surface area contributed by atoms with E-state index >= 15 is 0 Å². The number of carbonyl (C=O) groups is 1. The summed E-state index contributed by atoms with van der Waals surface area (Å²) in [5.41, 5.74) is 3.22. The zero-order chi connectivity index (χ0) is 15.9. The second-order valence-corrected chi connectivity index (χ2v) is 5.12. The molecule has 114 valence electrons. The van der Waals surface area contributed by atoms with Crippen LogP contribution >= 0.6 is 0 Å². The summed E-state index contributed by atoms with van der Waals surface area (Å²) in [6.45, 7) is 9.10. The Kier molecular flexibility index (Phi) is 5.31. The van der Waals surface area contributed by atoms with E-state index in [1.54, 1.807) is 13.0 Å². The SMILES string of the molecule is C=CCc1nc(Cc2ccccc2)[nH]c1COC(=O)C(=C)C. The van der Waals surface area contributed by atoms with Crippen LogP contribution in [0.4, 0.5) is 0 Å². The van der Waals surface area contributed by atoms with Crippen LogP contribution in [0.25, 0.3) is 0 Å². The number of rotatable bonds is 7. The van der Waals surface area contributed by atoms with E-state index < -0.39 is 5.97 Å². The van der Waals surface area contributed by atoms with Crippen LogP contribution in [0.2, 0.25) is 0 Å². The predicted molar refractivity (Wildman–Crippen MR) is 86.3 cm³/mol. The summed E-state index contributed by atoms with van der Waals surface area (Å²) in [4.78, 5) is 19.3. The van der Waals surface area contributed by atoms with Crippen LogP contribution in [0, 0.1) is 0 Å². The lowest BCUT2D eigenvalue weighted by Crippen LogP contribution is -2.06. The molecule has 1 heterocycles. The molecule has 4 heteroatoms. The van der Waals surface area contributed by atoms with E-state index in [0.29, 0.717) is 18.4 Å². The zero-order valence-electron chi connectivity index (χ0n) is 12.8. The molecule has 0 aliphatic carbocycles. The van der Waals surface area contributed by atoms with Crippen molar-refractivity contribution in [1.82, 2.24) is 9.97 Å². The van der Waals surface area contributed by atoms with Gasteiger partial charge in [-0.05, 0) is 12.5 Å². The fraction of sp³-hybridized carbons (Fsp3) is 0.222. The number of benzene rings is 1. The third-order valence-corrected chi connectivity index (χ3v) is 3.16. The number of esters is 1. The maximum absolute atomic E-state index is 11.5. The summed E-state index contributed by atoms with van der Waals surface area (Å²) < 4.78 is 5.20. The number of aromatic nitrogens is 2. The second kappa shape index (κ2) is 7.41. The average molecular weight is 296 g/mol. The third-order valence-electron chi connectivity index (χ3n) is 3.16. The monoisotopic (exact) mass is 296 g/mol. The van der Waals surface area contributed by atoms with Crippen molar-refractivity contribution < 1.29 is 9.53 Å². The van der Waals surface area contributed by atoms with Crippen LogP contribution in [0.1, 0.15) is 29.7 Å². The number of ether oxygens (including phenoxy) is 1. The Labute approximate surface area is 130 Å². The van der Waals surface area contributed by atoms with Crippen LogP contribution < -0.4 is 0 Å². The number of aromatic amines is 1. The molecule has 2 rings (SSSR count). The summed E-state index contributed by atoms with van der Waals surface area (Å²) in [7, 11) is 0. The Morgan fingerprint density at radius 2 is 2.09 bits per heavy atom. The number of imidazole rings is 1. The molecule has 1 aromatic heterocycles. The molecule has 1 N–H and O–H groups in total. The molecule has 0 saturated heterocycles. The Morgan fingerprint density at radius 1 is 1.36 bits per heavy atom. The maximum Gasteiger partial charge on any atom is 0.333 e. The fourth-order valence-corrected chi connectivity index (χ4v) is 2.06. The van der Waals surface area contributed by atoms with Crippen molar-refractivity contribution in [1.29, 1.82) is 0 Å².